The highest BCUT2D eigenvalue weighted by Gasteiger charge is 2.39. The first-order valence-electron chi connectivity index (χ1n) is 16.2. The van der Waals surface area contributed by atoms with E-state index in [9.17, 15) is 9.90 Å². The summed E-state index contributed by atoms with van der Waals surface area (Å²) in [4.78, 5) is 17.3. The summed E-state index contributed by atoms with van der Waals surface area (Å²) in [5.74, 6) is 0.0538. The Morgan fingerprint density at radius 3 is 2.66 bits per heavy atom. The zero-order chi connectivity index (χ0) is 31.5. The van der Waals surface area contributed by atoms with Crippen LogP contribution in [0.25, 0.3) is 21.9 Å². The Morgan fingerprint density at radius 1 is 1.14 bits per heavy atom. The maximum Gasteiger partial charge on any atom is 0.248 e. The van der Waals surface area contributed by atoms with Crippen LogP contribution < -0.4 is 10.9 Å². The molecular formula is C34H50N6O3Si. The lowest BCUT2D eigenvalue weighted by molar-refractivity contribution is 0.181. The van der Waals surface area contributed by atoms with Crippen LogP contribution in [0.3, 0.4) is 0 Å². The first-order valence-corrected chi connectivity index (χ1v) is 19.1. The number of phenolic OH excluding ortho intramolecular Hbond substituents is 1. The van der Waals surface area contributed by atoms with Crippen LogP contribution in [-0.2, 0) is 17.5 Å². The molecule has 0 saturated heterocycles. The third-order valence-corrected chi connectivity index (χ3v) is 14.3. The number of aryl methyl sites for hydroxylation is 1. The molecule has 5 rings (SSSR count). The summed E-state index contributed by atoms with van der Waals surface area (Å²) in [7, 11) is 0.113. The Morgan fingerprint density at radius 2 is 1.91 bits per heavy atom. The summed E-state index contributed by atoms with van der Waals surface area (Å²) in [5, 5.41) is 23.8. The highest BCUT2D eigenvalue weighted by molar-refractivity contribution is 6.74. The fraction of sp³-hybridized carbons (Fsp3) is 0.559. The van der Waals surface area contributed by atoms with E-state index in [-0.39, 0.29) is 22.5 Å². The van der Waals surface area contributed by atoms with Crippen molar-refractivity contribution in [1.29, 1.82) is 0 Å². The van der Waals surface area contributed by atoms with E-state index in [1.807, 2.05) is 10.7 Å². The number of H-pyrrole nitrogens is 1. The highest BCUT2D eigenvalue weighted by Crippen LogP contribution is 2.41. The zero-order valence-corrected chi connectivity index (χ0v) is 28.3. The molecule has 4 aromatic rings. The van der Waals surface area contributed by atoms with Crippen molar-refractivity contribution in [3.63, 3.8) is 0 Å². The van der Waals surface area contributed by atoms with Crippen LogP contribution in [0.1, 0.15) is 76.5 Å². The Kier molecular flexibility index (Phi) is 9.94. The molecule has 1 saturated carbocycles. The van der Waals surface area contributed by atoms with Crippen molar-refractivity contribution >= 4 is 30.3 Å². The maximum absolute atomic E-state index is 12.0. The van der Waals surface area contributed by atoms with Crippen LogP contribution >= 0.6 is 0 Å². The average Bonchev–Trinajstić information content (AvgIpc) is 3.39. The third kappa shape index (κ3) is 7.42. The van der Waals surface area contributed by atoms with Gasteiger partial charge >= 0.3 is 0 Å². The number of aromatic nitrogens is 4. The molecule has 0 radical (unpaired) electrons. The lowest BCUT2D eigenvalue weighted by Crippen LogP contribution is -2.43. The number of aromatic hydroxyl groups is 1. The van der Waals surface area contributed by atoms with Gasteiger partial charge in [-0.15, -0.1) is 5.10 Å². The predicted molar refractivity (Wildman–Crippen MR) is 181 cm³/mol. The molecule has 44 heavy (non-hydrogen) atoms. The second kappa shape index (κ2) is 13.5. The summed E-state index contributed by atoms with van der Waals surface area (Å²) in [6.07, 6.45) is 7.56. The molecule has 2 aromatic carbocycles. The van der Waals surface area contributed by atoms with Gasteiger partial charge in [-0.05, 0) is 86.4 Å². The van der Waals surface area contributed by atoms with Gasteiger partial charge in [-0.2, -0.15) is 0 Å². The first-order chi connectivity index (χ1) is 20.9. The fourth-order valence-electron chi connectivity index (χ4n) is 6.10. The van der Waals surface area contributed by atoms with E-state index in [1.54, 1.807) is 12.1 Å². The van der Waals surface area contributed by atoms with Gasteiger partial charge in [-0.3, -0.25) is 4.79 Å². The maximum atomic E-state index is 12.0. The second-order valence-corrected chi connectivity index (χ2v) is 18.8. The van der Waals surface area contributed by atoms with Crippen LogP contribution in [0.2, 0.25) is 18.1 Å². The molecule has 0 bridgehead atoms. The summed E-state index contributed by atoms with van der Waals surface area (Å²) in [6.45, 7) is 14.4. The molecule has 3 N–H and O–H groups in total. The van der Waals surface area contributed by atoms with E-state index in [2.05, 4.69) is 84.6 Å². The largest absolute Gasteiger partial charge is 0.506 e. The summed E-state index contributed by atoms with van der Waals surface area (Å²) in [6, 6.07) is 13.9. The van der Waals surface area contributed by atoms with Gasteiger partial charge in [0.1, 0.15) is 11.3 Å². The Balaban J connectivity index is 1.26. The molecule has 10 heteroatoms. The van der Waals surface area contributed by atoms with Crippen molar-refractivity contribution in [3.05, 3.63) is 63.9 Å². The summed E-state index contributed by atoms with van der Waals surface area (Å²) < 4.78 is 8.98. The monoisotopic (exact) mass is 618 g/mol. The lowest BCUT2D eigenvalue weighted by atomic mass is 9.94. The van der Waals surface area contributed by atoms with E-state index in [0.29, 0.717) is 18.6 Å². The van der Waals surface area contributed by atoms with Gasteiger partial charge in [-0.25, -0.2) is 4.68 Å². The molecule has 0 aliphatic heterocycles. The minimum atomic E-state index is -2.15. The van der Waals surface area contributed by atoms with Crippen LogP contribution in [0.4, 0.5) is 0 Å². The number of rotatable bonds is 12. The predicted octanol–water partition coefficient (Wildman–Crippen LogP) is 6.49. The molecule has 1 aliphatic carbocycles. The second-order valence-electron chi connectivity index (χ2n) is 14.0. The van der Waals surface area contributed by atoms with Crippen molar-refractivity contribution in [2.75, 3.05) is 20.1 Å². The third-order valence-electron chi connectivity index (χ3n) is 9.81. The van der Waals surface area contributed by atoms with E-state index in [1.165, 1.54) is 38.2 Å². The molecule has 1 aliphatic rings. The van der Waals surface area contributed by atoms with E-state index < -0.39 is 8.32 Å². The van der Waals surface area contributed by atoms with Crippen LogP contribution in [0.5, 0.6) is 5.75 Å². The van der Waals surface area contributed by atoms with Gasteiger partial charge < -0.3 is 24.7 Å². The Bertz CT molecular complexity index is 1620. The smallest absolute Gasteiger partial charge is 0.248 e. The van der Waals surface area contributed by atoms with E-state index in [4.69, 9.17) is 4.43 Å². The van der Waals surface area contributed by atoms with Gasteiger partial charge in [-0.1, -0.05) is 57.4 Å². The molecule has 238 valence electrons. The molecule has 0 unspecified atom stereocenters. The normalized spacial score (nSPS) is 15.9. The number of nitrogens with zero attached hydrogens (tertiary/aromatic N) is 4. The van der Waals surface area contributed by atoms with Gasteiger partial charge in [0, 0.05) is 37.1 Å². The van der Waals surface area contributed by atoms with Gasteiger partial charge in [0.2, 0.25) is 5.56 Å². The van der Waals surface area contributed by atoms with Gasteiger partial charge in [0.15, 0.2) is 8.32 Å². The SMILES string of the molecule is CN(CCCn1nnc2cc(CNC[C@H](O[Si](C)(C)C(C)(C)C)c3ccc(O)c4[nH]c(=O)ccc34)ccc21)C1CCCCC1. The quantitative estimate of drug-likeness (QED) is 0.156. The number of hydrogen-bond acceptors (Lipinski definition) is 7. The fourth-order valence-corrected chi connectivity index (χ4v) is 7.38. The Labute approximate surface area is 262 Å². The van der Waals surface area contributed by atoms with Crippen molar-refractivity contribution in [2.45, 2.75) is 103 Å². The first kappa shape index (κ1) is 32.3. The van der Waals surface area contributed by atoms with Crippen LogP contribution in [-0.4, -0.2) is 64.5 Å². The van der Waals surface area contributed by atoms with Crippen molar-refractivity contribution in [3.8, 4) is 5.75 Å². The lowest BCUT2D eigenvalue weighted by Gasteiger charge is -2.39. The summed E-state index contributed by atoms with van der Waals surface area (Å²) in [5.41, 5.74) is 4.24. The molecule has 2 aromatic heterocycles. The number of nitrogens with one attached hydrogen (secondary N) is 2. The number of benzene rings is 2. The van der Waals surface area contributed by atoms with Crippen molar-refractivity contribution < 1.29 is 9.53 Å². The highest BCUT2D eigenvalue weighted by atomic mass is 28.4. The summed E-state index contributed by atoms with van der Waals surface area (Å²) >= 11 is 0. The Hall–Kier alpha value is -3.05. The zero-order valence-electron chi connectivity index (χ0n) is 27.3. The number of hydrogen-bond donors (Lipinski definition) is 3. The van der Waals surface area contributed by atoms with Crippen molar-refractivity contribution in [2.24, 2.45) is 0 Å². The topological polar surface area (TPSA) is 108 Å². The molecular weight excluding hydrogens is 568 g/mol. The molecule has 1 atom stereocenters. The van der Waals surface area contributed by atoms with Gasteiger partial charge in [0.25, 0.3) is 0 Å². The minimum absolute atomic E-state index is 0.0223. The minimum Gasteiger partial charge on any atom is -0.506 e. The molecule has 0 spiro atoms. The molecule has 9 nitrogen and oxygen atoms in total. The van der Waals surface area contributed by atoms with E-state index in [0.717, 1.165) is 53.1 Å². The molecule has 1 fully saturated rings. The number of pyridine rings is 1. The molecule has 2 heterocycles. The van der Waals surface area contributed by atoms with Crippen LogP contribution in [0.15, 0.2) is 47.3 Å². The van der Waals surface area contributed by atoms with Crippen molar-refractivity contribution in [1.82, 2.24) is 30.2 Å². The standard InChI is InChI=1S/C34H50N6O3Si/c1-34(2,3)44(5,6)43-31(26-14-17-30(41)33-27(26)15-18-32(42)36-33)23-35-22-24-13-16-29-28(21-24)37-38-40(29)20-10-19-39(4)25-11-8-7-9-12-25/h13-18,21,25,31,35,41H,7-12,19-20,22-23H2,1-6H3,(H,36,42)/t31-/m0/s1. The number of phenols is 1. The molecule has 0 amide bonds. The number of aromatic amines is 1. The number of fused-ring (bicyclic) bond motifs is 2. The average molecular weight is 619 g/mol. The van der Waals surface area contributed by atoms with Gasteiger partial charge in [0.05, 0.1) is 17.1 Å². The van der Waals surface area contributed by atoms with E-state index >= 15 is 0 Å². The van der Waals surface area contributed by atoms with Crippen LogP contribution in [0, 0.1) is 0 Å².